The SMILES string of the molecule is COCCOC(=O)C1=C(C)N=c2sc(=Cc3cc(Cl)ccc3OC(C)C)c(=O)n2C1c1ccccc1OC. The number of para-hydroxylation sites is 1. The minimum atomic E-state index is -0.801. The van der Waals surface area contributed by atoms with Crippen molar-refractivity contribution >= 4 is 35.0 Å². The molecule has 0 bridgehead atoms. The van der Waals surface area contributed by atoms with Gasteiger partial charge in [0.25, 0.3) is 5.56 Å². The second kappa shape index (κ2) is 12.0. The van der Waals surface area contributed by atoms with E-state index in [0.717, 1.165) is 0 Å². The van der Waals surface area contributed by atoms with Crippen LogP contribution in [0, 0.1) is 0 Å². The van der Waals surface area contributed by atoms with Crippen molar-refractivity contribution in [3.63, 3.8) is 0 Å². The number of esters is 1. The van der Waals surface area contributed by atoms with Crippen LogP contribution in [0.3, 0.4) is 0 Å². The Morgan fingerprint density at radius 2 is 1.92 bits per heavy atom. The zero-order valence-corrected chi connectivity index (χ0v) is 23.4. The number of ether oxygens (including phenoxy) is 4. The predicted molar refractivity (Wildman–Crippen MR) is 147 cm³/mol. The molecule has 0 amide bonds. The molecule has 8 nitrogen and oxygen atoms in total. The summed E-state index contributed by atoms with van der Waals surface area (Å²) in [6.07, 6.45) is 1.67. The van der Waals surface area contributed by atoms with E-state index in [1.54, 1.807) is 44.4 Å². The molecule has 1 aromatic heterocycles. The Kier molecular flexibility index (Phi) is 8.71. The van der Waals surface area contributed by atoms with E-state index >= 15 is 0 Å². The van der Waals surface area contributed by atoms with Crippen molar-refractivity contribution in [3.8, 4) is 11.5 Å². The molecule has 10 heteroatoms. The Bertz CT molecular complexity index is 1560. The number of methoxy groups -OCH3 is 2. The number of aromatic nitrogens is 1. The van der Waals surface area contributed by atoms with Crippen LogP contribution in [0.4, 0.5) is 0 Å². The lowest BCUT2D eigenvalue weighted by Gasteiger charge is -2.26. The molecule has 0 aliphatic carbocycles. The van der Waals surface area contributed by atoms with Crippen LogP contribution in [0.15, 0.2) is 63.5 Å². The summed E-state index contributed by atoms with van der Waals surface area (Å²) in [4.78, 5) is 32.3. The van der Waals surface area contributed by atoms with E-state index in [4.69, 9.17) is 30.5 Å². The summed E-state index contributed by atoms with van der Waals surface area (Å²) in [5, 5.41) is 0.518. The van der Waals surface area contributed by atoms with Crippen LogP contribution in [0.2, 0.25) is 5.02 Å². The van der Waals surface area contributed by atoms with E-state index in [0.29, 0.717) is 42.7 Å². The molecule has 0 spiro atoms. The Morgan fingerprint density at radius 1 is 1.16 bits per heavy atom. The summed E-state index contributed by atoms with van der Waals surface area (Å²) < 4.78 is 24.0. The number of thiazole rings is 1. The van der Waals surface area contributed by atoms with Crippen molar-refractivity contribution in [2.24, 2.45) is 4.99 Å². The Balaban J connectivity index is 1.93. The van der Waals surface area contributed by atoms with Gasteiger partial charge in [0.1, 0.15) is 24.1 Å². The number of hydrogen-bond donors (Lipinski definition) is 0. The number of carbonyl (C=O) groups is 1. The van der Waals surface area contributed by atoms with Gasteiger partial charge < -0.3 is 18.9 Å². The molecular weight excluding hydrogens is 528 g/mol. The second-order valence-corrected chi connectivity index (χ2v) is 10.2. The number of nitrogens with zero attached hydrogens (tertiary/aromatic N) is 2. The highest BCUT2D eigenvalue weighted by molar-refractivity contribution is 7.07. The fourth-order valence-corrected chi connectivity index (χ4v) is 5.42. The number of rotatable bonds is 9. The summed E-state index contributed by atoms with van der Waals surface area (Å²) in [6.45, 7) is 5.91. The van der Waals surface area contributed by atoms with Gasteiger partial charge in [-0.15, -0.1) is 0 Å². The van der Waals surface area contributed by atoms with Gasteiger partial charge in [0.05, 0.1) is 35.6 Å². The van der Waals surface area contributed by atoms with Gasteiger partial charge in [0.15, 0.2) is 4.80 Å². The molecule has 0 saturated heterocycles. The predicted octanol–water partition coefficient (Wildman–Crippen LogP) is 3.87. The van der Waals surface area contributed by atoms with Gasteiger partial charge in [-0.3, -0.25) is 9.36 Å². The molecule has 2 heterocycles. The van der Waals surface area contributed by atoms with Crippen LogP contribution in [-0.4, -0.2) is 44.1 Å². The topological polar surface area (TPSA) is 88.4 Å². The van der Waals surface area contributed by atoms with Gasteiger partial charge in [0.2, 0.25) is 0 Å². The standard InChI is InChI=1S/C28H29ClN2O6S/c1-16(2)37-21-11-10-19(29)14-18(21)15-23-26(32)31-25(20-8-6-7-9-22(20)35-5)24(17(3)30-28(31)38-23)27(33)36-13-12-34-4/h6-11,14-16,25H,12-13H2,1-5H3. The molecule has 2 aromatic carbocycles. The first-order valence-corrected chi connectivity index (χ1v) is 13.2. The van der Waals surface area contributed by atoms with E-state index in [-0.39, 0.29) is 30.5 Å². The molecule has 1 aliphatic rings. The van der Waals surface area contributed by atoms with E-state index in [9.17, 15) is 9.59 Å². The molecule has 1 atom stereocenters. The maximum atomic E-state index is 13.9. The molecule has 200 valence electrons. The fourth-order valence-electron chi connectivity index (χ4n) is 4.20. The Labute approximate surface area is 229 Å². The number of benzene rings is 2. The lowest BCUT2D eigenvalue weighted by molar-refractivity contribution is -0.140. The summed E-state index contributed by atoms with van der Waals surface area (Å²) in [5.41, 5.74) is 1.72. The third-order valence-electron chi connectivity index (χ3n) is 5.82. The van der Waals surface area contributed by atoms with Crippen LogP contribution in [-0.2, 0) is 14.3 Å². The molecule has 4 rings (SSSR count). The van der Waals surface area contributed by atoms with E-state index in [1.807, 2.05) is 32.0 Å². The maximum Gasteiger partial charge on any atom is 0.338 e. The van der Waals surface area contributed by atoms with Crippen molar-refractivity contribution in [1.82, 2.24) is 4.57 Å². The minimum Gasteiger partial charge on any atom is -0.496 e. The lowest BCUT2D eigenvalue weighted by Crippen LogP contribution is -2.40. The average Bonchev–Trinajstić information content (AvgIpc) is 3.18. The van der Waals surface area contributed by atoms with Crippen molar-refractivity contribution in [2.75, 3.05) is 27.4 Å². The third kappa shape index (κ3) is 5.70. The van der Waals surface area contributed by atoms with Gasteiger partial charge in [-0.2, -0.15) is 0 Å². The highest BCUT2D eigenvalue weighted by Gasteiger charge is 2.35. The van der Waals surface area contributed by atoms with Crippen LogP contribution >= 0.6 is 22.9 Å². The van der Waals surface area contributed by atoms with Crippen LogP contribution < -0.4 is 24.4 Å². The van der Waals surface area contributed by atoms with Crippen LogP contribution in [0.1, 0.15) is 37.9 Å². The monoisotopic (exact) mass is 556 g/mol. The normalized spacial score (nSPS) is 15.3. The first-order chi connectivity index (χ1) is 18.2. The third-order valence-corrected chi connectivity index (χ3v) is 7.03. The Hall–Kier alpha value is -3.40. The summed E-state index contributed by atoms with van der Waals surface area (Å²) in [7, 11) is 3.07. The smallest absolute Gasteiger partial charge is 0.338 e. The summed E-state index contributed by atoms with van der Waals surface area (Å²) in [6, 6.07) is 11.7. The number of carbonyl (C=O) groups excluding carboxylic acids is 1. The lowest BCUT2D eigenvalue weighted by atomic mass is 9.95. The Morgan fingerprint density at radius 3 is 2.63 bits per heavy atom. The van der Waals surface area contributed by atoms with Crippen molar-refractivity contribution in [3.05, 3.63) is 89.6 Å². The minimum absolute atomic E-state index is 0.0654. The number of hydrogen-bond acceptors (Lipinski definition) is 8. The number of fused-ring (bicyclic) bond motifs is 1. The second-order valence-electron chi connectivity index (χ2n) is 8.80. The van der Waals surface area contributed by atoms with Crippen molar-refractivity contribution < 1.29 is 23.7 Å². The molecule has 1 unspecified atom stereocenters. The van der Waals surface area contributed by atoms with Crippen molar-refractivity contribution in [2.45, 2.75) is 32.9 Å². The molecule has 38 heavy (non-hydrogen) atoms. The summed E-state index contributed by atoms with van der Waals surface area (Å²) in [5.74, 6) is 0.567. The fraction of sp³-hybridized carbons (Fsp3) is 0.321. The average molecular weight is 557 g/mol. The number of halogens is 1. The zero-order chi connectivity index (χ0) is 27.4. The highest BCUT2D eigenvalue weighted by Crippen LogP contribution is 2.35. The quantitative estimate of drug-likeness (QED) is 0.294. The van der Waals surface area contributed by atoms with Crippen LogP contribution in [0.25, 0.3) is 6.08 Å². The van der Waals surface area contributed by atoms with Crippen molar-refractivity contribution in [1.29, 1.82) is 0 Å². The van der Waals surface area contributed by atoms with Gasteiger partial charge >= 0.3 is 5.97 Å². The molecule has 1 aliphatic heterocycles. The maximum absolute atomic E-state index is 13.9. The van der Waals surface area contributed by atoms with Gasteiger partial charge in [-0.05, 0) is 51.1 Å². The molecule has 0 fully saturated rings. The number of allylic oxidation sites excluding steroid dienone is 1. The van der Waals surface area contributed by atoms with E-state index < -0.39 is 12.0 Å². The highest BCUT2D eigenvalue weighted by atomic mass is 35.5. The largest absolute Gasteiger partial charge is 0.496 e. The van der Waals surface area contributed by atoms with Crippen LogP contribution in [0.5, 0.6) is 11.5 Å². The molecule has 3 aromatic rings. The van der Waals surface area contributed by atoms with E-state index in [2.05, 4.69) is 4.99 Å². The summed E-state index contributed by atoms with van der Waals surface area (Å²) >= 11 is 7.49. The molecule has 0 saturated carbocycles. The van der Waals surface area contributed by atoms with Gasteiger partial charge in [-0.1, -0.05) is 41.1 Å². The first-order valence-electron chi connectivity index (χ1n) is 12.0. The molecule has 0 N–H and O–H groups in total. The van der Waals surface area contributed by atoms with Gasteiger partial charge in [0, 0.05) is 23.3 Å². The van der Waals surface area contributed by atoms with E-state index in [1.165, 1.54) is 23.0 Å². The first kappa shape index (κ1) is 27.6. The van der Waals surface area contributed by atoms with Gasteiger partial charge in [-0.25, -0.2) is 9.79 Å². The molecular formula is C28H29ClN2O6S. The molecule has 0 radical (unpaired) electrons. The zero-order valence-electron chi connectivity index (χ0n) is 21.8.